The second-order valence-electron chi connectivity index (χ2n) is 8.26. The Kier molecular flexibility index (Phi) is 3.90. The van der Waals surface area contributed by atoms with Gasteiger partial charge in [0.2, 0.25) is 0 Å². The lowest BCUT2D eigenvalue weighted by Gasteiger charge is -2.22. The van der Waals surface area contributed by atoms with Gasteiger partial charge in [0.05, 0.1) is 0 Å². The molecule has 1 fully saturated rings. The maximum atomic E-state index is 6.47. The largest absolute Gasteiger partial charge is 0.453 e. The van der Waals surface area contributed by atoms with Gasteiger partial charge in [-0.05, 0) is 41.8 Å². The molecule has 0 radical (unpaired) electrons. The monoisotopic (exact) mass is 377 g/mol. The van der Waals surface area contributed by atoms with E-state index in [0.29, 0.717) is 5.92 Å². The van der Waals surface area contributed by atoms with E-state index < -0.39 is 0 Å². The van der Waals surface area contributed by atoms with E-state index in [4.69, 9.17) is 4.42 Å². The van der Waals surface area contributed by atoms with E-state index in [1.165, 1.54) is 48.4 Å². The molecule has 2 heteroatoms. The maximum Gasteiger partial charge on any atom is 0.161 e. The molecule has 1 aliphatic rings. The van der Waals surface area contributed by atoms with Gasteiger partial charge >= 0.3 is 0 Å². The molecule has 0 aliphatic heterocycles. The lowest BCUT2D eigenvalue weighted by molar-refractivity contribution is 0.444. The van der Waals surface area contributed by atoms with Crippen LogP contribution in [0.15, 0.2) is 77.3 Å². The molecule has 3 aromatic carbocycles. The summed E-state index contributed by atoms with van der Waals surface area (Å²) in [5.74, 6) is 0.716. The summed E-state index contributed by atoms with van der Waals surface area (Å²) in [5.41, 5.74) is 5.32. The molecule has 142 valence electrons. The molecule has 0 bridgehead atoms. The van der Waals surface area contributed by atoms with E-state index in [1.807, 2.05) is 24.4 Å². The summed E-state index contributed by atoms with van der Waals surface area (Å²) in [7, 11) is 0. The summed E-state index contributed by atoms with van der Waals surface area (Å²) >= 11 is 0. The Morgan fingerprint density at radius 1 is 0.724 bits per heavy atom. The van der Waals surface area contributed by atoms with Crippen molar-refractivity contribution in [1.82, 2.24) is 4.98 Å². The minimum absolute atomic E-state index is 0.716. The molecule has 6 rings (SSSR count). The Morgan fingerprint density at radius 2 is 1.52 bits per heavy atom. The Balaban J connectivity index is 1.56. The first-order valence-electron chi connectivity index (χ1n) is 10.7. The molecule has 2 heterocycles. The van der Waals surface area contributed by atoms with Crippen molar-refractivity contribution in [1.29, 1.82) is 0 Å². The highest BCUT2D eigenvalue weighted by molar-refractivity contribution is 6.16. The summed E-state index contributed by atoms with van der Waals surface area (Å²) < 4.78 is 6.47. The van der Waals surface area contributed by atoms with Gasteiger partial charge in [0.25, 0.3) is 0 Å². The number of aromatic nitrogens is 1. The van der Waals surface area contributed by atoms with Crippen molar-refractivity contribution < 1.29 is 4.42 Å². The minimum atomic E-state index is 0.716. The van der Waals surface area contributed by atoms with Gasteiger partial charge in [-0.2, -0.15) is 0 Å². The fourth-order valence-corrected chi connectivity index (χ4v) is 5.00. The highest BCUT2D eigenvalue weighted by atomic mass is 16.3. The molecule has 1 saturated carbocycles. The Hall–Kier alpha value is -3.13. The normalized spacial score (nSPS) is 15.4. The Morgan fingerprint density at radius 3 is 2.38 bits per heavy atom. The highest BCUT2D eigenvalue weighted by Gasteiger charge is 2.18. The molecule has 5 aromatic rings. The zero-order valence-electron chi connectivity index (χ0n) is 16.4. The fraction of sp³-hybridized carbons (Fsp3) is 0.222. The number of nitrogens with zero attached hydrogens (tertiary/aromatic N) is 1. The van der Waals surface area contributed by atoms with E-state index in [9.17, 15) is 0 Å². The average molecular weight is 377 g/mol. The number of rotatable bonds is 2. The van der Waals surface area contributed by atoms with Gasteiger partial charge in [0, 0.05) is 27.9 Å². The van der Waals surface area contributed by atoms with Crippen molar-refractivity contribution in [3.63, 3.8) is 0 Å². The molecule has 0 amide bonds. The molecule has 29 heavy (non-hydrogen) atoms. The maximum absolute atomic E-state index is 6.47. The zero-order valence-corrected chi connectivity index (χ0v) is 16.4. The Bertz CT molecular complexity index is 1330. The third-order valence-electron chi connectivity index (χ3n) is 6.52. The van der Waals surface area contributed by atoms with Gasteiger partial charge in [-0.3, -0.25) is 4.98 Å². The lowest BCUT2D eigenvalue weighted by Crippen LogP contribution is -2.04. The molecular formula is C27H23NO. The van der Waals surface area contributed by atoms with Gasteiger partial charge in [-0.25, -0.2) is 0 Å². The number of hydrogen-bond donors (Lipinski definition) is 0. The zero-order chi connectivity index (χ0) is 19.2. The van der Waals surface area contributed by atoms with Crippen molar-refractivity contribution >= 4 is 32.7 Å². The highest BCUT2D eigenvalue weighted by Crippen LogP contribution is 2.39. The summed E-state index contributed by atoms with van der Waals surface area (Å²) in [4.78, 5) is 4.63. The Labute approximate surface area is 170 Å². The first-order valence-corrected chi connectivity index (χ1v) is 10.7. The van der Waals surface area contributed by atoms with Crippen LogP contribution in [0.2, 0.25) is 0 Å². The van der Waals surface area contributed by atoms with Gasteiger partial charge in [-0.15, -0.1) is 0 Å². The van der Waals surface area contributed by atoms with Crippen molar-refractivity contribution in [3.8, 4) is 11.3 Å². The van der Waals surface area contributed by atoms with E-state index >= 15 is 0 Å². The number of pyridine rings is 1. The number of hydrogen-bond acceptors (Lipinski definition) is 2. The van der Waals surface area contributed by atoms with Crippen LogP contribution in [0.1, 0.15) is 43.6 Å². The second kappa shape index (κ2) is 6.73. The van der Waals surface area contributed by atoms with Crippen LogP contribution in [0, 0.1) is 0 Å². The van der Waals surface area contributed by atoms with Crippen molar-refractivity contribution in [3.05, 3.63) is 78.5 Å². The minimum Gasteiger partial charge on any atom is -0.453 e. The quantitative estimate of drug-likeness (QED) is 0.313. The summed E-state index contributed by atoms with van der Waals surface area (Å²) in [5, 5.41) is 4.76. The van der Waals surface area contributed by atoms with Crippen LogP contribution in [0.5, 0.6) is 0 Å². The summed E-state index contributed by atoms with van der Waals surface area (Å²) in [6.07, 6.45) is 8.65. The SMILES string of the molecule is c1ccc(-c2nccc3c2oc2c4ccc(C5CCCCC5)cc4ccc32)cc1. The number of furan rings is 1. The molecule has 0 N–H and O–H groups in total. The van der Waals surface area contributed by atoms with Crippen molar-refractivity contribution in [2.75, 3.05) is 0 Å². The van der Waals surface area contributed by atoms with Crippen LogP contribution in [0.25, 0.3) is 44.0 Å². The van der Waals surface area contributed by atoms with Crippen LogP contribution in [0.3, 0.4) is 0 Å². The van der Waals surface area contributed by atoms with E-state index in [-0.39, 0.29) is 0 Å². The first kappa shape index (κ1) is 16.8. The lowest BCUT2D eigenvalue weighted by atomic mass is 9.83. The molecule has 2 nitrogen and oxygen atoms in total. The summed E-state index contributed by atoms with van der Waals surface area (Å²) in [6.45, 7) is 0. The van der Waals surface area contributed by atoms with Crippen LogP contribution in [-0.2, 0) is 0 Å². The topological polar surface area (TPSA) is 26.0 Å². The summed E-state index contributed by atoms with van der Waals surface area (Å²) in [6, 6.07) is 23.8. The van der Waals surface area contributed by atoms with E-state index in [1.54, 1.807) is 0 Å². The van der Waals surface area contributed by atoms with Crippen LogP contribution in [-0.4, -0.2) is 4.98 Å². The molecule has 0 spiro atoms. The van der Waals surface area contributed by atoms with Gasteiger partial charge in [0.15, 0.2) is 5.58 Å². The molecular weight excluding hydrogens is 354 g/mol. The molecule has 0 unspecified atom stereocenters. The smallest absolute Gasteiger partial charge is 0.161 e. The fourth-order valence-electron chi connectivity index (χ4n) is 5.00. The number of benzene rings is 3. The van der Waals surface area contributed by atoms with Crippen molar-refractivity contribution in [2.45, 2.75) is 38.0 Å². The van der Waals surface area contributed by atoms with Gasteiger partial charge in [0.1, 0.15) is 11.3 Å². The molecule has 1 aliphatic carbocycles. The van der Waals surface area contributed by atoms with Crippen LogP contribution in [0.4, 0.5) is 0 Å². The predicted molar refractivity (Wildman–Crippen MR) is 120 cm³/mol. The molecule has 2 aromatic heterocycles. The second-order valence-corrected chi connectivity index (χ2v) is 8.26. The molecule has 0 atom stereocenters. The van der Waals surface area contributed by atoms with Crippen molar-refractivity contribution in [2.24, 2.45) is 0 Å². The first-order chi connectivity index (χ1) is 14.4. The van der Waals surface area contributed by atoms with Crippen LogP contribution < -0.4 is 0 Å². The predicted octanol–water partition coefficient (Wildman–Crippen LogP) is 7.85. The standard InChI is InChI=1S/C27H23NO/c1-3-7-18(8-4-1)20-11-13-22-21(17-20)12-14-23-24-15-16-28-25(27(24)29-26(22)23)19-9-5-2-6-10-19/h2,5-6,9-18H,1,3-4,7-8H2. The number of fused-ring (bicyclic) bond motifs is 5. The average Bonchev–Trinajstić information content (AvgIpc) is 3.19. The molecule has 0 saturated heterocycles. The third-order valence-corrected chi connectivity index (χ3v) is 6.52. The van der Waals surface area contributed by atoms with E-state index in [2.05, 4.69) is 53.5 Å². The van der Waals surface area contributed by atoms with E-state index in [0.717, 1.165) is 33.2 Å². The third kappa shape index (κ3) is 2.74. The van der Waals surface area contributed by atoms with Gasteiger partial charge < -0.3 is 4.42 Å². The van der Waals surface area contributed by atoms with Gasteiger partial charge in [-0.1, -0.05) is 73.9 Å². The van der Waals surface area contributed by atoms with Crippen LogP contribution >= 0.6 is 0 Å².